The molecule has 0 unspecified atom stereocenters. The molecule has 10 heteroatoms. The second-order valence-electron chi connectivity index (χ2n) is 3.94. The number of nitro groups is 1. The minimum absolute atomic E-state index is 0.0354. The van der Waals surface area contributed by atoms with Crippen LogP contribution in [-0.4, -0.2) is 36.9 Å². The summed E-state index contributed by atoms with van der Waals surface area (Å²) in [6.45, 7) is 0. The van der Waals surface area contributed by atoms with Crippen LogP contribution in [0.5, 0.6) is 0 Å². The largest absolute Gasteiger partial charge is 0.373 e. The van der Waals surface area contributed by atoms with E-state index in [0.717, 1.165) is 0 Å². The number of anilines is 1. The molecule has 3 rings (SSSR count). The summed E-state index contributed by atoms with van der Waals surface area (Å²) >= 11 is 1.20. The van der Waals surface area contributed by atoms with Crippen LogP contribution < -0.4 is 5.32 Å². The van der Waals surface area contributed by atoms with Crippen LogP contribution in [0, 0.1) is 10.1 Å². The third-order valence-electron chi connectivity index (χ3n) is 2.64. The molecule has 0 atom stereocenters. The zero-order valence-electron chi connectivity index (χ0n) is 10.8. The molecule has 9 nitrogen and oxygen atoms in total. The Kier molecular flexibility index (Phi) is 3.36. The van der Waals surface area contributed by atoms with E-state index in [4.69, 9.17) is 0 Å². The summed E-state index contributed by atoms with van der Waals surface area (Å²) in [6, 6.07) is 2.77. The van der Waals surface area contributed by atoms with Crippen molar-refractivity contribution in [2.45, 2.75) is 10.1 Å². The molecule has 3 aromatic rings. The highest BCUT2D eigenvalue weighted by Gasteiger charge is 2.14. The first-order valence-corrected chi connectivity index (χ1v) is 6.65. The number of rotatable bonds is 4. The number of nitrogens with one attached hydrogen (secondary N) is 2. The van der Waals surface area contributed by atoms with Gasteiger partial charge in [0.2, 0.25) is 0 Å². The van der Waals surface area contributed by atoms with Gasteiger partial charge in [-0.1, -0.05) is 0 Å². The van der Waals surface area contributed by atoms with E-state index in [1.807, 2.05) is 0 Å². The zero-order chi connectivity index (χ0) is 14.8. The van der Waals surface area contributed by atoms with Crippen molar-refractivity contribution in [1.29, 1.82) is 0 Å². The predicted molar refractivity (Wildman–Crippen MR) is 76.2 cm³/mol. The van der Waals surface area contributed by atoms with E-state index in [1.165, 1.54) is 36.5 Å². The van der Waals surface area contributed by atoms with Crippen LogP contribution in [0.15, 0.2) is 34.8 Å². The standard InChI is InChI=1S/C11H9N7O2S/c1-12-7-2-6(18(19)20)3-8(17-7)21-11-9-10(14-4-13-9)15-5-16-11/h2-5H,1H3,(H,12,17)(H,13,14,15,16). The molecule has 0 radical (unpaired) electrons. The van der Waals surface area contributed by atoms with Gasteiger partial charge in [0, 0.05) is 13.1 Å². The van der Waals surface area contributed by atoms with E-state index in [9.17, 15) is 10.1 Å². The molecular weight excluding hydrogens is 294 g/mol. The third kappa shape index (κ3) is 2.60. The number of nitrogens with zero attached hydrogens (tertiary/aromatic N) is 5. The number of H-pyrrole nitrogens is 1. The van der Waals surface area contributed by atoms with Gasteiger partial charge in [-0.3, -0.25) is 10.1 Å². The fraction of sp³-hybridized carbons (Fsp3) is 0.0909. The first kappa shape index (κ1) is 13.2. The Morgan fingerprint density at radius 1 is 1.33 bits per heavy atom. The van der Waals surface area contributed by atoms with Crippen molar-refractivity contribution in [3.8, 4) is 0 Å². The molecule has 0 aliphatic carbocycles. The van der Waals surface area contributed by atoms with Gasteiger partial charge in [0.25, 0.3) is 5.69 Å². The molecule has 0 saturated heterocycles. The maximum Gasteiger partial charge on any atom is 0.275 e. The van der Waals surface area contributed by atoms with Gasteiger partial charge in [0.05, 0.1) is 17.3 Å². The van der Waals surface area contributed by atoms with E-state index in [2.05, 4.69) is 30.2 Å². The summed E-state index contributed by atoms with van der Waals surface area (Å²) in [5.41, 5.74) is 1.17. The smallest absolute Gasteiger partial charge is 0.275 e. The van der Waals surface area contributed by atoms with Gasteiger partial charge in [-0.2, -0.15) is 0 Å². The van der Waals surface area contributed by atoms with Crippen molar-refractivity contribution >= 4 is 34.4 Å². The summed E-state index contributed by atoms with van der Waals surface area (Å²) in [5, 5.41) is 14.8. The molecule has 21 heavy (non-hydrogen) atoms. The van der Waals surface area contributed by atoms with E-state index >= 15 is 0 Å². The summed E-state index contributed by atoms with van der Waals surface area (Å²) in [6.07, 6.45) is 2.91. The van der Waals surface area contributed by atoms with Crippen molar-refractivity contribution in [2.24, 2.45) is 0 Å². The Morgan fingerprint density at radius 2 is 2.19 bits per heavy atom. The zero-order valence-corrected chi connectivity index (χ0v) is 11.6. The molecule has 0 bridgehead atoms. The SMILES string of the molecule is CNc1cc([N+](=O)[O-])cc(Sc2ncnc3nc[nH]c23)n1. The number of imidazole rings is 1. The molecular formula is C11H9N7O2S. The minimum atomic E-state index is -0.460. The van der Waals surface area contributed by atoms with Gasteiger partial charge in [-0.15, -0.1) is 0 Å². The molecule has 0 fully saturated rings. The Morgan fingerprint density at radius 3 is 2.95 bits per heavy atom. The lowest BCUT2D eigenvalue weighted by atomic mass is 10.4. The fourth-order valence-corrected chi connectivity index (χ4v) is 2.57. The van der Waals surface area contributed by atoms with Crippen LogP contribution >= 0.6 is 11.8 Å². The Hall–Kier alpha value is -2.75. The van der Waals surface area contributed by atoms with Crippen LogP contribution in [0.1, 0.15) is 0 Å². The van der Waals surface area contributed by atoms with Crippen molar-refractivity contribution < 1.29 is 4.92 Å². The lowest BCUT2D eigenvalue weighted by Crippen LogP contribution is -1.97. The molecule has 0 amide bonds. The quantitative estimate of drug-likeness (QED) is 0.425. The van der Waals surface area contributed by atoms with Crippen molar-refractivity contribution in [3.63, 3.8) is 0 Å². The minimum Gasteiger partial charge on any atom is -0.373 e. The van der Waals surface area contributed by atoms with E-state index in [-0.39, 0.29) is 5.69 Å². The van der Waals surface area contributed by atoms with Crippen LogP contribution in [-0.2, 0) is 0 Å². The number of aromatic nitrogens is 5. The van der Waals surface area contributed by atoms with Crippen LogP contribution in [0.25, 0.3) is 11.2 Å². The second-order valence-corrected chi connectivity index (χ2v) is 4.95. The average molecular weight is 303 g/mol. The van der Waals surface area contributed by atoms with E-state index in [0.29, 0.717) is 27.0 Å². The monoisotopic (exact) mass is 303 g/mol. The van der Waals surface area contributed by atoms with Gasteiger partial charge in [-0.05, 0) is 11.8 Å². The highest BCUT2D eigenvalue weighted by atomic mass is 32.2. The Bertz CT molecular complexity index is 819. The number of hydrogen-bond acceptors (Lipinski definition) is 8. The Balaban J connectivity index is 2.03. The maximum absolute atomic E-state index is 10.9. The molecule has 0 aromatic carbocycles. The lowest BCUT2D eigenvalue weighted by molar-refractivity contribution is -0.385. The first-order chi connectivity index (χ1) is 10.2. The first-order valence-electron chi connectivity index (χ1n) is 5.83. The van der Waals surface area contributed by atoms with Crippen molar-refractivity contribution in [1.82, 2.24) is 24.9 Å². The van der Waals surface area contributed by atoms with Gasteiger partial charge in [-0.25, -0.2) is 19.9 Å². The lowest BCUT2D eigenvalue weighted by Gasteiger charge is -2.04. The van der Waals surface area contributed by atoms with Gasteiger partial charge < -0.3 is 10.3 Å². The maximum atomic E-state index is 10.9. The van der Waals surface area contributed by atoms with Gasteiger partial charge in [0.1, 0.15) is 27.7 Å². The molecule has 3 heterocycles. The molecule has 0 aliphatic rings. The molecule has 0 spiro atoms. The topological polar surface area (TPSA) is 123 Å². The molecule has 2 N–H and O–H groups in total. The molecule has 106 valence electrons. The molecule has 0 saturated carbocycles. The Labute approximate surface area is 122 Å². The second kappa shape index (κ2) is 5.32. The molecule has 0 aliphatic heterocycles. The van der Waals surface area contributed by atoms with Crippen molar-refractivity contribution in [3.05, 3.63) is 34.9 Å². The summed E-state index contributed by atoms with van der Waals surface area (Å²) < 4.78 is 0. The average Bonchev–Trinajstić information content (AvgIpc) is 2.96. The van der Waals surface area contributed by atoms with Crippen molar-refractivity contribution in [2.75, 3.05) is 12.4 Å². The third-order valence-corrected chi connectivity index (χ3v) is 3.56. The normalized spacial score (nSPS) is 10.7. The highest BCUT2D eigenvalue weighted by molar-refractivity contribution is 7.99. The number of aromatic amines is 1. The fourth-order valence-electron chi connectivity index (χ4n) is 1.70. The van der Waals surface area contributed by atoms with Crippen LogP contribution in [0.4, 0.5) is 11.5 Å². The number of pyridine rings is 1. The van der Waals surface area contributed by atoms with E-state index < -0.39 is 4.92 Å². The van der Waals surface area contributed by atoms with Crippen LogP contribution in [0.2, 0.25) is 0 Å². The summed E-state index contributed by atoms with van der Waals surface area (Å²) in [4.78, 5) is 29.9. The van der Waals surface area contributed by atoms with Gasteiger partial charge >= 0.3 is 0 Å². The summed E-state index contributed by atoms with van der Waals surface area (Å²) in [5.74, 6) is 0.418. The van der Waals surface area contributed by atoms with Crippen LogP contribution in [0.3, 0.4) is 0 Å². The van der Waals surface area contributed by atoms with Gasteiger partial charge in [0.15, 0.2) is 5.65 Å². The predicted octanol–water partition coefficient (Wildman–Crippen LogP) is 1.85. The number of fused-ring (bicyclic) bond motifs is 1. The van der Waals surface area contributed by atoms with E-state index in [1.54, 1.807) is 7.05 Å². The number of hydrogen-bond donors (Lipinski definition) is 2. The summed E-state index contributed by atoms with van der Waals surface area (Å²) in [7, 11) is 1.65. The molecule has 3 aromatic heterocycles. The highest BCUT2D eigenvalue weighted by Crippen LogP contribution is 2.31.